The van der Waals surface area contributed by atoms with Crippen LogP contribution in [0, 0.1) is 0 Å². The molecule has 3 N–H and O–H groups in total. The van der Waals surface area contributed by atoms with E-state index in [0.717, 1.165) is 22.6 Å². The molecule has 3 aromatic rings. The largest absolute Gasteiger partial charge is 0.416 e. The van der Waals surface area contributed by atoms with E-state index >= 15 is 0 Å². The Hall–Kier alpha value is -3.33. The average molecular weight is 433 g/mol. The summed E-state index contributed by atoms with van der Waals surface area (Å²) in [6.07, 6.45) is -4.22. The number of urea groups is 1. The fraction of sp³-hybridized carbons (Fsp3) is 0.143. The molecule has 0 bridgehead atoms. The van der Waals surface area contributed by atoms with Gasteiger partial charge >= 0.3 is 12.2 Å². The number of rotatable bonds is 6. The van der Waals surface area contributed by atoms with Gasteiger partial charge in [0.15, 0.2) is 0 Å². The molecule has 5 nitrogen and oxygen atoms in total. The third kappa shape index (κ3) is 6.35. The van der Waals surface area contributed by atoms with Crippen LogP contribution in [0.25, 0.3) is 0 Å². The van der Waals surface area contributed by atoms with E-state index < -0.39 is 17.8 Å². The topological polar surface area (TPSA) is 70.2 Å². The van der Waals surface area contributed by atoms with Crippen molar-refractivity contribution in [1.82, 2.24) is 5.32 Å². The maximum atomic E-state index is 12.6. The summed E-state index contributed by atoms with van der Waals surface area (Å²) in [5.74, 6) is -0.107. The Morgan fingerprint density at radius 2 is 1.47 bits per heavy atom. The molecule has 0 aliphatic rings. The van der Waals surface area contributed by atoms with Crippen molar-refractivity contribution in [2.24, 2.45) is 0 Å². The minimum atomic E-state index is -4.43. The molecule has 0 aliphatic heterocycles. The summed E-state index contributed by atoms with van der Waals surface area (Å²) >= 11 is 1.57. The Kier molecular flexibility index (Phi) is 6.73. The molecule has 1 aromatic heterocycles. The predicted octanol–water partition coefficient (Wildman–Crippen LogP) is 5.27. The smallest absolute Gasteiger partial charge is 0.351 e. The maximum absolute atomic E-state index is 12.6. The van der Waals surface area contributed by atoms with Crippen molar-refractivity contribution in [3.8, 4) is 0 Å². The van der Waals surface area contributed by atoms with Gasteiger partial charge in [-0.2, -0.15) is 13.2 Å². The summed E-state index contributed by atoms with van der Waals surface area (Å²) in [5, 5.41) is 9.84. The highest BCUT2D eigenvalue weighted by atomic mass is 32.1. The van der Waals surface area contributed by atoms with E-state index in [1.54, 1.807) is 35.6 Å². The predicted molar refractivity (Wildman–Crippen MR) is 110 cm³/mol. The molecule has 30 heavy (non-hydrogen) atoms. The second-order valence-electron chi connectivity index (χ2n) is 6.38. The highest BCUT2D eigenvalue weighted by Crippen LogP contribution is 2.29. The van der Waals surface area contributed by atoms with Crippen molar-refractivity contribution >= 4 is 34.6 Å². The number of hydrogen-bond donors (Lipinski definition) is 3. The molecule has 0 spiro atoms. The summed E-state index contributed by atoms with van der Waals surface area (Å²) < 4.78 is 37.7. The second kappa shape index (κ2) is 9.45. The van der Waals surface area contributed by atoms with Crippen LogP contribution in [0.15, 0.2) is 66.0 Å². The number of carbonyl (C=O) groups excluding carboxylic acids is 2. The molecule has 0 atom stereocenters. The number of alkyl halides is 3. The van der Waals surface area contributed by atoms with Gasteiger partial charge in [-0.25, -0.2) is 4.79 Å². The molecule has 3 rings (SSSR count). The van der Waals surface area contributed by atoms with Gasteiger partial charge in [0.05, 0.1) is 18.5 Å². The fourth-order valence-electron chi connectivity index (χ4n) is 2.59. The Labute approximate surface area is 174 Å². The van der Waals surface area contributed by atoms with Crippen molar-refractivity contribution in [3.05, 3.63) is 82.0 Å². The number of benzene rings is 2. The number of nitrogens with one attached hydrogen (secondary N) is 3. The van der Waals surface area contributed by atoms with Gasteiger partial charge in [-0.1, -0.05) is 18.2 Å². The van der Waals surface area contributed by atoms with Crippen molar-refractivity contribution in [1.29, 1.82) is 0 Å². The number of anilines is 2. The van der Waals surface area contributed by atoms with Gasteiger partial charge < -0.3 is 16.0 Å². The van der Waals surface area contributed by atoms with Crippen LogP contribution < -0.4 is 16.0 Å². The van der Waals surface area contributed by atoms with Crippen molar-refractivity contribution in [3.63, 3.8) is 0 Å². The van der Waals surface area contributed by atoms with Gasteiger partial charge in [0.25, 0.3) is 0 Å². The number of carbonyl (C=O) groups is 2. The first-order valence-corrected chi connectivity index (χ1v) is 9.81. The Balaban J connectivity index is 1.47. The average Bonchev–Trinajstić information content (AvgIpc) is 3.21. The Bertz CT molecular complexity index is 986. The third-order valence-corrected chi connectivity index (χ3v) is 4.96. The van der Waals surface area contributed by atoms with Crippen LogP contribution in [0.5, 0.6) is 0 Å². The highest BCUT2D eigenvalue weighted by molar-refractivity contribution is 7.09. The van der Waals surface area contributed by atoms with Crippen LogP contribution in [0.1, 0.15) is 16.0 Å². The van der Waals surface area contributed by atoms with Gasteiger partial charge in [-0.15, -0.1) is 11.3 Å². The maximum Gasteiger partial charge on any atom is 0.416 e. The van der Waals surface area contributed by atoms with E-state index in [0.29, 0.717) is 12.2 Å². The van der Waals surface area contributed by atoms with E-state index in [9.17, 15) is 22.8 Å². The van der Waals surface area contributed by atoms with Crippen LogP contribution >= 0.6 is 11.3 Å². The minimum absolute atomic E-state index is 0.107. The molecular formula is C21H18F3N3O2S. The minimum Gasteiger partial charge on any atom is -0.351 e. The Morgan fingerprint density at radius 1 is 0.867 bits per heavy atom. The molecule has 0 saturated heterocycles. The standard InChI is InChI=1S/C21H18F3N3O2S/c22-21(23,24)15-5-9-17(10-6-15)27-20(29)26-16-7-3-14(4-8-16)12-19(28)25-13-18-2-1-11-30-18/h1-11H,12-13H2,(H,25,28)(H2,26,27,29). The molecule has 0 unspecified atom stereocenters. The molecule has 2 aromatic carbocycles. The molecule has 0 aliphatic carbocycles. The molecule has 156 valence electrons. The quantitative estimate of drug-likeness (QED) is 0.496. The summed E-state index contributed by atoms with van der Waals surface area (Å²) in [5.41, 5.74) is 0.720. The molecule has 0 saturated carbocycles. The first kappa shape index (κ1) is 21.4. The lowest BCUT2D eigenvalue weighted by molar-refractivity contribution is -0.137. The van der Waals surface area contributed by atoms with E-state index in [4.69, 9.17) is 0 Å². The SMILES string of the molecule is O=C(Cc1ccc(NC(=O)Nc2ccc(C(F)(F)F)cc2)cc1)NCc1cccs1. The molecule has 1 heterocycles. The van der Waals surface area contributed by atoms with Crippen LogP contribution in [-0.2, 0) is 23.9 Å². The van der Waals surface area contributed by atoms with Gasteiger partial charge in [0, 0.05) is 16.3 Å². The molecule has 0 radical (unpaired) electrons. The zero-order chi connectivity index (χ0) is 21.6. The fourth-order valence-corrected chi connectivity index (χ4v) is 3.23. The lowest BCUT2D eigenvalue weighted by Gasteiger charge is -2.10. The molecule has 3 amide bonds. The number of hydrogen-bond acceptors (Lipinski definition) is 3. The van der Waals surface area contributed by atoms with Crippen molar-refractivity contribution in [2.75, 3.05) is 10.6 Å². The van der Waals surface area contributed by atoms with Gasteiger partial charge in [0.2, 0.25) is 5.91 Å². The van der Waals surface area contributed by atoms with E-state index in [1.165, 1.54) is 12.1 Å². The van der Waals surface area contributed by atoms with Crippen LogP contribution in [0.2, 0.25) is 0 Å². The van der Waals surface area contributed by atoms with Crippen LogP contribution in [0.3, 0.4) is 0 Å². The normalized spacial score (nSPS) is 11.0. The first-order chi connectivity index (χ1) is 14.3. The van der Waals surface area contributed by atoms with Crippen molar-refractivity contribution < 1.29 is 22.8 Å². The summed E-state index contributed by atoms with van der Waals surface area (Å²) in [7, 11) is 0. The summed E-state index contributed by atoms with van der Waals surface area (Å²) in [4.78, 5) is 25.1. The van der Waals surface area contributed by atoms with E-state index in [1.807, 2.05) is 17.5 Å². The second-order valence-corrected chi connectivity index (χ2v) is 7.42. The highest BCUT2D eigenvalue weighted by Gasteiger charge is 2.29. The molecule has 0 fully saturated rings. The lowest BCUT2D eigenvalue weighted by atomic mass is 10.1. The van der Waals surface area contributed by atoms with E-state index in [-0.39, 0.29) is 18.0 Å². The first-order valence-electron chi connectivity index (χ1n) is 8.93. The number of thiophene rings is 1. The van der Waals surface area contributed by atoms with Gasteiger partial charge in [-0.05, 0) is 53.4 Å². The van der Waals surface area contributed by atoms with Crippen LogP contribution in [0.4, 0.5) is 29.3 Å². The zero-order valence-electron chi connectivity index (χ0n) is 15.6. The van der Waals surface area contributed by atoms with Crippen molar-refractivity contribution in [2.45, 2.75) is 19.1 Å². The Morgan fingerprint density at radius 3 is 2.00 bits per heavy atom. The lowest BCUT2D eigenvalue weighted by Crippen LogP contribution is -2.24. The molecular weight excluding hydrogens is 415 g/mol. The van der Waals surface area contributed by atoms with Gasteiger partial charge in [0.1, 0.15) is 0 Å². The number of amides is 3. The monoisotopic (exact) mass is 433 g/mol. The summed E-state index contributed by atoms with van der Waals surface area (Å²) in [6, 6.07) is 14.2. The van der Waals surface area contributed by atoms with E-state index in [2.05, 4.69) is 16.0 Å². The van der Waals surface area contributed by atoms with Crippen LogP contribution in [-0.4, -0.2) is 11.9 Å². The van der Waals surface area contributed by atoms with Gasteiger partial charge in [-0.3, -0.25) is 4.79 Å². The summed E-state index contributed by atoms with van der Waals surface area (Å²) in [6.45, 7) is 0.486. The molecule has 9 heteroatoms. The zero-order valence-corrected chi connectivity index (χ0v) is 16.4. The third-order valence-electron chi connectivity index (χ3n) is 4.09. The number of halogens is 3.